The van der Waals surface area contributed by atoms with E-state index in [2.05, 4.69) is 5.32 Å². The second kappa shape index (κ2) is 10.8. The predicted molar refractivity (Wildman–Crippen MR) is 120 cm³/mol. The van der Waals surface area contributed by atoms with E-state index in [-0.39, 0.29) is 6.61 Å². The average molecular weight is 452 g/mol. The summed E-state index contributed by atoms with van der Waals surface area (Å²) in [6.45, 7) is 15.2. The zero-order chi connectivity index (χ0) is 24.7. The Kier molecular flexibility index (Phi) is 9.26. The molecule has 1 aromatic carbocycles. The zero-order valence-electron chi connectivity index (χ0n) is 20.6. The number of carbonyl (C=O) groups excluding carboxylic acids is 3. The van der Waals surface area contributed by atoms with Gasteiger partial charge in [0.1, 0.15) is 16.8 Å². The number of rotatable bonds is 7. The van der Waals surface area contributed by atoms with Gasteiger partial charge in [0.15, 0.2) is 12.1 Å². The Morgan fingerprint density at radius 2 is 1.22 bits per heavy atom. The van der Waals surface area contributed by atoms with Crippen LogP contribution in [0, 0.1) is 0 Å². The van der Waals surface area contributed by atoms with E-state index in [1.807, 2.05) is 30.3 Å². The van der Waals surface area contributed by atoms with Crippen molar-refractivity contribution >= 4 is 18.0 Å². The summed E-state index contributed by atoms with van der Waals surface area (Å²) in [5.41, 5.74) is -1.73. The van der Waals surface area contributed by atoms with Crippen molar-refractivity contribution in [3.05, 3.63) is 35.9 Å². The Labute approximate surface area is 190 Å². The molecule has 0 unspecified atom stereocenters. The molecule has 0 aliphatic carbocycles. The van der Waals surface area contributed by atoms with Crippen LogP contribution in [0.25, 0.3) is 0 Å². The number of nitrogens with one attached hydrogen (secondary N) is 1. The number of amides is 1. The third kappa shape index (κ3) is 11.1. The highest BCUT2D eigenvalue weighted by atomic mass is 16.6. The van der Waals surface area contributed by atoms with Gasteiger partial charge in [-0.15, -0.1) is 0 Å². The van der Waals surface area contributed by atoms with Crippen LogP contribution in [-0.4, -0.2) is 47.0 Å². The van der Waals surface area contributed by atoms with Crippen LogP contribution in [-0.2, 0) is 35.1 Å². The molecule has 0 aliphatic rings. The van der Waals surface area contributed by atoms with Crippen molar-refractivity contribution < 1.29 is 33.3 Å². The van der Waals surface area contributed by atoms with Crippen LogP contribution in [0.4, 0.5) is 4.79 Å². The summed E-state index contributed by atoms with van der Waals surface area (Å²) in [5, 5.41) is 2.44. The molecule has 1 rings (SSSR count). The molecule has 0 heterocycles. The second-order valence-corrected chi connectivity index (χ2v) is 10.4. The molecule has 2 atom stereocenters. The average Bonchev–Trinajstić information content (AvgIpc) is 2.57. The molecule has 1 amide bonds. The van der Waals surface area contributed by atoms with Crippen molar-refractivity contribution in [1.82, 2.24) is 5.32 Å². The van der Waals surface area contributed by atoms with Gasteiger partial charge in [0.05, 0.1) is 6.61 Å². The molecule has 0 aliphatic heterocycles. The maximum atomic E-state index is 13.0. The highest BCUT2D eigenvalue weighted by Gasteiger charge is 2.42. The Balaban J connectivity index is 3.26. The van der Waals surface area contributed by atoms with Gasteiger partial charge in [-0.3, -0.25) is 0 Å². The predicted octanol–water partition coefficient (Wildman–Crippen LogP) is 4.15. The molecule has 8 nitrogen and oxygen atoms in total. The quantitative estimate of drug-likeness (QED) is 0.491. The van der Waals surface area contributed by atoms with Gasteiger partial charge in [-0.2, -0.15) is 0 Å². The molecule has 1 aromatic rings. The normalized spacial score (nSPS) is 14.2. The minimum Gasteiger partial charge on any atom is -0.458 e. The number of alkyl carbamates (subject to hydrolysis) is 1. The van der Waals surface area contributed by atoms with Crippen molar-refractivity contribution in [1.29, 1.82) is 0 Å². The maximum Gasteiger partial charge on any atom is 0.408 e. The summed E-state index contributed by atoms with van der Waals surface area (Å²) in [5.74, 6) is -1.65. The van der Waals surface area contributed by atoms with Crippen LogP contribution in [0.1, 0.15) is 67.9 Å². The first kappa shape index (κ1) is 27.4. The molecule has 180 valence electrons. The van der Waals surface area contributed by atoms with Gasteiger partial charge >= 0.3 is 18.0 Å². The third-order valence-corrected chi connectivity index (χ3v) is 3.55. The summed E-state index contributed by atoms with van der Waals surface area (Å²) < 4.78 is 22.0. The van der Waals surface area contributed by atoms with E-state index in [1.54, 1.807) is 62.3 Å². The van der Waals surface area contributed by atoms with Crippen molar-refractivity contribution in [2.24, 2.45) is 0 Å². The van der Waals surface area contributed by atoms with Crippen molar-refractivity contribution in [2.45, 2.75) is 97.9 Å². The Hall–Kier alpha value is -2.61. The first-order chi connectivity index (χ1) is 14.5. The molecule has 1 N–H and O–H groups in total. The summed E-state index contributed by atoms with van der Waals surface area (Å²) in [4.78, 5) is 38.5. The van der Waals surface area contributed by atoms with Gasteiger partial charge in [0.2, 0.25) is 0 Å². The SMILES string of the molecule is CC(C)(C)OC(=O)N[C@H](C(=O)OC(C)(C)C)[C@H](OCc1ccccc1)C(=O)OC(C)(C)C. The highest BCUT2D eigenvalue weighted by Crippen LogP contribution is 2.18. The van der Waals surface area contributed by atoms with E-state index >= 15 is 0 Å². The van der Waals surface area contributed by atoms with Gasteiger partial charge in [-0.25, -0.2) is 14.4 Å². The van der Waals surface area contributed by atoms with E-state index in [0.717, 1.165) is 5.56 Å². The first-order valence-corrected chi connectivity index (χ1v) is 10.6. The summed E-state index contributed by atoms with van der Waals surface area (Å²) >= 11 is 0. The van der Waals surface area contributed by atoms with Gasteiger partial charge in [-0.1, -0.05) is 30.3 Å². The van der Waals surface area contributed by atoms with Crippen molar-refractivity contribution in [3.63, 3.8) is 0 Å². The largest absolute Gasteiger partial charge is 0.458 e. The monoisotopic (exact) mass is 451 g/mol. The van der Waals surface area contributed by atoms with Gasteiger partial charge in [0.25, 0.3) is 0 Å². The van der Waals surface area contributed by atoms with Crippen LogP contribution in [0.5, 0.6) is 0 Å². The molecular formula is C24H37NO7. The fraction of sp³-hybridized carbons (Fsp3) is 0.625. The summed E-state index contributed by atoms with van der Waals surface area (Å²) in [7, 11) is 0. The van der Waals surface area contributed by atoms with Gasteiger partial charge < -0.3 is 24.3 Å². The molecule has 0 saturated heterocycles. The van der Waals surface area contributed by atoms with Crippen LogP contribution in [0.15, 0.2) is 30.3 Å². The Morgan fingerprint density at radius 1 is 0.750 bits per heavy atom. The van der Waals surface area contributed by atoms with E-state index in [1.165, 1.54) is 0 Å². The number of esters is 2. The zero-order valence-corrected chi connectivity index (χ0v) is 20.6. The Bertz CT molecular complexity index is 770. The van der Waals surface area contributed by atoms with Gasteiger partial charge in [0, 0.05) is 0 Å². The minimum atomic E-state index is -1.48. The molecule has 0 radical (unpaired) electrons. The molecule has 0 bridgehead atoms. The van der Waals surface area contributed by atoms with Crippen LogP contribution in [0.2, 0.25) is 0 Å². The topological polar surface area (TPSA) is 100 Å². The lowest BCUT2D eigenvalue weighted by atomic mass is 10.1. The molecule has 0 saturated carbocycles. The minimum absolute atomic E-state index is 0.0139. The third-order valence-electron chi connectivity index (χ3n) is 3.55. The van der Waals surface area contributed by atoms with E-state index in [9.17, 15) is 14.4 Å². The second-order valence-electron chi connectivity index (χ2n) is 10.4. The van der Waals surface area contributed by atoms with Crippen LogP contribution in [0.3, 0.4) is 0 Å². The standard InChI is InChI=1S/C24H37NO7/c1-22(2,3)30-19(26)17(25-21(28)32-24(7,8)9)18(20(27)31-23(4,5)6)29-15-16-13-11-10-12-14-16/h10-14,17-18H,15H2,1-9H3,(H,25,28)/t17-,18-/m0/s1. The molecule has 0 spiro atoms. The molecule has 32 heavy (non-hydrogen) atoms. The molecule has 8 heteroatoms. The fourth-order valence-electron chi connectivity index (χ4n) is 2.48. The van der Waals surface area contributed by atoms with E-state index in [0.29, 0.717) is 0 Å². The van der Waals surface area contributed by atoms with E-state index in [4.69, 9.17) is 18.9 Å². The van der Waals surface area contributed by atoms with Gasteiger partial charge in [-0.05, 0) is 67.9 Å². The fourth-order valence-corrected chi connectivity index (χ4v) is 2.48. The Morgan fingerprint density at radius 3 is 1.69 bits per heavy atom. The first-order valence-electron chi connectivity index (χ1n) is 10.6. The number of hydrogen-bond acceptors (Lipinski definition) is 7. The number of hydrogen-bond donors (Lipinski definition) is 1. The lowest BCUT2D eigenvalue weighted by molar-refractivity contribution is -0.180. The van der Waals surface area contributed by atoms with E-state index < -0.39 is 47.0 Å². The molecule has 0 fully saturated rings. The smallest absolute Gasteiger partial charge is 0.408 e. The lowest BCUT2D eigenvalue weighted by Gasteiger charge is -2.31. The summed E-state index contributed by atoms with van der Waals surface area (Å²) in [6, 6.07) is 7.65. The lowest BCUT2D eigenvalue weighted by Crippen LogP contribution is -2.56. The van der Waals surface area contributed by atoms with Crippen molar-refractivity contribution in [2.75, 3.05) is 0 Å². The van der Waals surface area contributed by atoms with Crippen LogP contribution >= 0.6 is 0 Å². The van der Waals surface area contributed by atoms with Crippen molar-refractivity contribution in [3.8, 4) is 0 Å². The number of benzene rings is 1. The van der Waals surface area contributed by atoms with Crippen LogP contribution < -0.4 is 5.32 Å². The summed E-state index contributed by atoms with van der Waals surface area (Å²) in [6.07, 6.45) is -2.35. The number of carbonyl (C=O) groups is 3. The highest BCUT2D eigenvalue weighted by molar-refractivity contribution is 5.89. The number of ether oxygens (including phenoxy) is 4. The maximum absolute atomic E-state index is 13.0. The molecule has 0 aromatic heterocycles. The molecular weight excluding hydrogens is 414 g/mol.